The predicted octanol–water partition coefficient (Wildman–Crippen LogP) is -0.0585. The molecule has 0 saturated heterocycles. The largest absolute Gasteiger partial charge is 0.351 e. The van der Waals surface area contributed by atoms with Crippen molar-refractivity contribution >= 4 is 5.91 Å². The van der Waals surface area contributed by atoms with Crippen LogP contribution in [0.2, 0.25) is 0 Å². The van der Waals surface area contributed by atoms with Crippen molar-refractivity contribution in [3.63, 3.8) is 0 Å². The van der Waals surface area contributed by atoms with Crippen LogP contribution in [0, 0.1) is 0 Å². The molecule has 0 rings (SSSR count). The summed E-state index contributed by atoms with van der Waals surface area (Å²) in [6.45, 7) is 2.82. The van der Waals surface area contributed by atoms with E-state index < -0.39 is 0 Å². The summed E-state index contributed by atoms with van der Waals surface area (Å²) >= 11 is 0. The maximum Gasteiger partial charge on any atom is 0.217 e. The van der Waals surface area contributed by atoms with Crippen LogP contribution >= 0.6 is 0 Å². The molecule has 0 spiro atoms. The van der Waals surface area contributed by atoms with Crippen molar-refractivity contribution < 1.29 is 9.90 Å². The molecule has 8 heavy (non-hydrogen) atoms. The zero-order chi connectivity index (χ0) is 6.57. The number of hydrogen-bond donors (Lipinski definition) is 1. The predicted molar refractivity (Wildman–Crippen MR) is 28.8 cm³/mol. The minimum absolute atomic E-state index is 0.145. The summed E-state index contributed by atoms with van der Waals surface area (Å²) in [5.74, 6) is -0.145. The van der Waals surface area contributed by atoms with Crippen LogP contribution in [0.3, 0.4) is 0 Å². The number of amides is 1. The average molecular weight is 116 g/mol. The van der Waals surface area contributed by atoms with E-state index in [1.54, 1.807) is 6.92 Å². The first-order chi connectivity index (χ1) is 3.66. The topological polar surface area (TPSA) is 49.0 Å². The fourth-order valence-corrected chi connectivity index (χ4v) is 0.389. The maximum absolute atomic E-state index is 10.2. The molecule has 0 heterocycles. The molecule has 0 fully saturated rings. The minimum Gasteiger partial charge on any atom is -0.351 e. The molecule has 0 aromatic rings. The monoisotopic (exact) mass is 116 g/mol. The van der Waals surface area contributed by atoms with Gasteiger partial charge in [0, 0.05) is 6.92 Å². The molecule has 0 aromatic carbocycles. The van der Waals surface area contributed by atoms with Crippen molar-refractivity contribution in [2.45, 2.75) is 19.9 Å². The maximum atomic E-state index is 10.2. The van der Waals surface area contributed by atoms with E-state index in [1.807, 2.05) is 0 Å². The van der Waals surface area contributed by atoms with Crippen LogP contribution in [0.4, 0.5) is 0 Å². The highest BCUT2D eigenvalue weighted by Gasteiger charge is 1.98. The van der Waals surface area contributed by atoms with E-state index >= 15 is 0 Å². The van der Waals surface area contributed by atoms with Crippen LogP contribution in [0.25, 0.3) is 0 Å². The second kappa shape index (κ2) is 3.43. The second-order valence-corrected chi connectivity index (χ2v) is 1.77. The first-order valence-electron chi connectivity index (χ1n) is 2.52. The van der Waals surface area contributed by atoms with Crippen molar-refractivity contribution in [1.29, 1.82) is 0 Å². The number of rotatable bonds is 2. The number of carbonyl (C=O) groups is 1. The van der Waals surface area contributed by atoms with Crippen molar-refractivity contribution in [3.05, 3.63) is 0 Å². The summed E-state index contributed by atoms with van der Waals surface area (Å²) in [5, 5.41) is 12.4. The summed E-state index contributed by atoms with van der Waals surface area (Å²) in [6.07, 6.45) is 0. The van der Waals surface area contributed by atoms with Crippen LogP contribution in [0.1, 0.15) is 13.8 Å². The summed E-state index contributed by atoms with van der Waals surface area (Å²) in [5.41, 5.74) is 0. The van der Waals surface area contributed by atoms with Gasteiger partial charge in [0.15, 0.2) is 0 Å². The van der Waals surface area contributed by atoms with Gasteiger partial charge in [-0.15, -0.1) is 0 Å². The lowest BCUT2D eigenvalue weighted by Crippen LogP contribution is -2.32. The standard InChI is InChI=1S/C5H10NO2/c1-4(3-7)6-5(2)8/h4H,3H2,1-2H3,(H,6,8)/t4-/m1/s1. The molecule has 3 nitrogen and oxygen atoms in total. The Bertz CT molecular complexity index is 82.5. The van der Waals surface area contributed by atoms with Gasteiger partial charge in [0.1, 0.15) is 6.61 Å². The lowest BCUT2D eigenvalue weighted by Gasteiger charge is -2.05. The van der Waals surface area contributed by atoms with E-state index in [4.69, 9.17) is 0 Å². The van der Waals surface area contributed by atoms with Crippen LogP contribution in [-0.2, 0) is 9.90 Å². The molecule has 1 radical (unpaired) electrons. The quantitative estimate of drug-likeness (QED) is 0.540. The van der Waals surface area contributed by atoms with Gasteiger partial charge in [-0.25, -0.2) is 5.11 Å². The molecule has 0 aliphatic heterocycles. The van der Waals surface area contributed by atoms with Crippen molar-refractivity contribution in [2.24, 2.45) is 0 Å². The van der Waals surface area contributed by atoms with Gasteiger partial charge in [0.25, 0.3) is 0 Å². The second-order valence-electron chi connectivity index (χ2n) is 1.77. The van der Waals surface area contributed by atoms with Crippen molar-refractivity contribution in [1.82, 2.24) is 5.32 Å². The zero-order valence-corrected chi connectivity index (χ0v) is 5.10. The Morgan fingerprint density at radius 2 is 2.25 bits per heavy atom. The van der Waals surface area contributed by atoms with Gasteiger partial charge in [0.05, 0.1) is 6.04 Å². The van der Waals surface area contributed by atoms with Gasteiger partial charge in [-0.3, -0.25) is 4.79 Å². The van der Waals surface area contributed by atoms with Crippen LogP contribution < -0.4 is 5.32 Å². The van der Waals surface area contributed by atoms with E-state index in [1.165, 1.54) is 6.92 Å². The van der Waals surface area contributed by atoms with Crippen molar-refractivity contribution in [3.8, 4) is 0 Å². The summed E-state index contributed by atoms with van der Waals surface area (Å²) < 4.78 is 0. The van der Waals surface area contributed by atoms with Gasteiger partial charge in [-0.1, -0.05) is 0 Å². The van der Waals surface area contributed by atoms with E-state index in [2.05, 4.69) is 5.32 Å². The Hall–Kier alpha value is -0.570. The summed E-state index contributed by atoms with van der Waals surface area (Å²) in [4.78, 5) is 10.2. The first-order valence-corrected chi connectivity index (χ1v) is 2.52. The van der Waals surface area contributed by atoms with Crippen LogP contribution in [-0.4, -0.2) is 18.6 Å². The fraction of sp³-hybridized carbons (Fsp3) is 0.800. The number of carbonyl (C=O) groups excluding carboxylic acids is 1. The molecule has 0 aliphatic rings. The van der Waals surface area contributed by atoms with E-state index in [0.717, 1.165) is 0 Å². The van der Waals surface area contributed by atoms with Crippen molar-refractivity contribution in [2.75, 3.05) is 6.61 Å². The van der Waals surface area contributed by atoms with E-state index in [0.29, 0.717) is 0 Å². The molecular weight excluding hydrogens is 106 g/mol. The van der Waals surface area contributed by atoms with Gasteiger partial charge < -0.3 is 5.32 Å². The molecule has 47 valence electrons. The lowest BCUT2D eigenvalue weighted by molar-refractivity contribution is -0.119. The van der Waals surface area contributed by atoms with Gasteiger partial charge in [-0.2, -0.15) is 0 Å². The zero-order valence-electron chi connectivity index (χ0n) is 5.10. The van der Waals surface area contributed by atoms with Gasteiger partial charge in [0.2, 0.25) is 5.91 Å². The highest BCUT2D eigenvalue weighted by atomic mass is 16.3. The van der Waals surface area contributed by atoms with Gasteiger partial charge in [-0.05, 0) is 6.92 Å². The van der Waals surface area contributed by atoms with E-state index in [9.17, 15) is 9.90 Å². The summed E-state index contributed by atoms with van der Waals surface area (Å²) in [7, 11) is 0. The third-order valence-corrected chi connectivity index (χ3v) is 0.700. The van der Waals surface area contributed by atoms with E-state index in [-0.39, 0.29) is 18.6 Å². The first kappa shape index (κ1) is 7.43. The van der Waals surface area contributed by atoms with Crippen LogP contribution in [0.15, 0.2) is 0 Å². The number of hydrogen-bond acceptors (Lipinski definition) is 1. The lowest BCUT2D eigenvalue weighted by atomic mass is 10.4. The Labute approximate surface area is 48.7 Å². The smallest absolute Gasteiger partial charge is 0.217 e. The molecule has 1 atom stereocenters. The Morgan fingerprint density at radius 1 is 1.75 bits per heavy atom. The molecule has 1 amide bonds. The molecule has 3 heteroatoms. The summed E-state index contributed by atoms with van der Waals surface area (Å²) in [6, 6.07) is -0.229. The fourth-order valence-electron chi connectivity index (χ4n) is 0.389. The molecule has 0 aromatic heterocycles. The normalized spacial score (nSPS) is 12.9. The third kappa shape index (κ3) is 3.61. The highest BCUT2D eigenvalue weighted by Crippen LogP contribution is 1.76. The average Bonchev–Trinajstić information content (AvgIpc) is 1.65. The molecule has 0 saturated carbocycles. The highest BCUT2D eigenvalue weighted by molar-refractivity contribution is 5.73. The van der Waals surface area contributed by atoms with Gasteiger partial charge >= 0.3 is 0 Å². The number of nitrogens with one attached hydrogen (secondary N) is 1. The molecule has 0 unspecified atom stereocenters. The molecule has 1 N–H and O–H groups in total. The molecule has 0 aliphatic carbocycles. The Morgan fingerprint density at radius 3 is 2.38 bits per heavy atom. The molecular formula is C5H10NO2. The molecule has 0 bridgehead atoms. The Kier molecular flexibility index (Phi) is 3.19. The Balaban J connectivity index is 3.24. The van der Waals surface area contributed by atoms with Crippen LogP contribution in [0.5, 0.6) is 0 Å². The third-order valence-electron chi connectivity index (χ3n) is 0.700. The minimum atomic E-state index is -0.250. The SMILES string of the molecule is CC(=O)N[C@H](C)C[O].